The van der Waals surface area contributed by atoms with Crippen LogP contribution in [-0.2, 0) is 4.74 Å². The summed E-state index contributed by atoms with van der Waals surface area (Å²) in [5.74, 6) is 0. The monoisotopic (exact) mass is 382 g/mol. The Hall–Kier alpha value is -2.37. The van der Waals surface area contributed by atoms with Gasteiger partial charge in [-0.25, -0.2) is 4.79 Å². The predicted octanol–water partition coefficient (Wildman–Crippen LogP) is 3.85. The molecule has 150 valence electrons. The molecule has 0 aromatic heterocycles. The van der Waals surface area contributed by atoms with Gasteiger partial charge in [0.2, 0.25) is 0 Å². The van der Waals surface area contributed by atoms with Crippen molar-refractivity contribution < 1.29 is 14.6 Å². The summed E-state index contributed by atoms with van der Waals surface area (Å²) in [6, 6.07) is 18.3. The molecule has 2 amide bonds. The van der Waals surface area contributed by atoms with Crippen LogP contribution in [0.15, 0.2) is 54.6 Å². The van der Waals surface area contributed by atoms with Crippen LogP contribution < -0.4 is 5.32 Å². The van der Waals surface area contributed by atoms with Crippen molar-refractivity contribution in [2.75, 3.05) is 33.4 Å². The number of amides is 2. The Labute approximate surface area is 167 Å². The van der Waals surface area contributed by atoms with Crippen molar-refractivity contribution >= 4 is 6.03 Å². The number of carbonyl (C=O) groups is 1. The number of hydrogen-bond donors (Lipinski definition) is 2. The van der Waals surface area contributed by atoms with Crippen LogP contribution in [0.1, 0.15) is 31.4 Å². The SMILES string of the molecule is CC(NC(=O)N(C)CC1(CO)CCOCC1)c1ccc(-c2ccccc2)cc1. The average molecular weight is 383 g/mol. The highest BCUT2D eigenvalue weighted by atomic mass is 16.5. The Morgan fingerprint density at radius 2 is 1.71 bits per heavy atom. The van der Waals surface area contributed by atoms with E-state index in [0.717, 1.165) is 24.0 Å². The van der Waals surface area contributed by atoms with Crippen LogP contribution in [0, 0.1) is 5.41 Å². The number of ether oxygens (including phenoxy) is 1. The minimum absolute atomic E-state index is 0.0739. The van der Waals surface area contributed by atoms with Gasteiger partial charge in [0.25, 0.3) is 0 Å². The third-order valence-corrected chi connectivity index (χ3v) is 5.67. The van der Waals surface area contributed by atoms with Gasteiger partial charge >= 0.3 is 6.03 Å². The van der Waals surface area contributed by atoms with E-state index in [1.807, 2.05) is 25.1 Å². The van der Waals surface area contributed by atoms with Gasteiger partial charge < -0.3 is 20.1 Å². The lowest BCUT2D eigenvalue weighted by Gasteiger charge is -2.38. The fraction of sp³-hybridized carbons (Fsp3) is 0.435. The second-order valence-electron chi connectivity index (χ2n) is 7.79. The van der Waals surface area contributed by atoms with Crippen molar-refractivity contribution in [3.63, 3.8) is 0 Å². The maximum Gasteiger partial charge on any atom is 0.317 e. The molecule has 5 nitrogen and oxygen atoms in total. The van der Waals surface area contributed by atoms with Gasteiger partial charge in [0, 0.05) is 32.2 Å². The number of aliphatic hydroxyl groups excluding tert-OH is 1. The van der Waals surface area contributed by atoms with Gasteiger partial charge in [-0.2, -0.15) is 0 Å². The summed E-state index contributed by atoms with van der Waals surface area (Å²) in [5.41, 5.74) is 3.13. The van der Waals surface area contributed by atoms with Crippen molar-refractivity contribution in [3.8, 4) is 11.1 Å². The summed E-state index contributed by atoms with van der Waals surface area (Å²) >= 11 is 0. The summed E-state index contributed by atoms with van der Waals surface area (Å²) in [4.78, 5) is 14.3. The Morgan fingerprint density at radius 1 is 1.11 bits per heavy atom. The first-order valence-corrected chi connectivity index (χ1v) is 9.89. The molecule has 1 aliphatic heterocycles. The first kappa shape index (κ1) is 20.4. The molecule has 1 aliphatic rings. The van der Waals surface area contributed by atoms with Crippen LogP contribution in [0.25, 0.3) is 11.1 Å². The van der Waals surface area contributed by atoms with Gasteiger partial charge in [-0.1, -0.05) is 54.6 Å². The highest BCUT2D eigenvalue weighted by Crippen LogP contribution is 2.31. The Bertz CT molecular complexity index is 755. The summed E-state index contributed by atoms with van der Waals surface area (Å²) in [5, 5.41) is 12.9. The van der Waals surface area contributed by atoms with E-state index in [1.165, 1.54) is 5.56 Å². The van der Waals surface area contributed by atoms with Crippen molar-refractivity contribution in [1.29, 1.82) is 0 Å². The lowest BCUT2D eigenvalue weighted by molar-refractivity contribution is -0.0261. The number of carbonyl (C=O) groups excluding carboxylic acids is 1. The van der Waals surface area contributed by atoms with E-state index in [2.05, 4.69) is 41.7 Å². The third kappa shape index (κ3) is 4.91. The van der Waals surface area contributed by atoms with Crippen LogP contribution in [-0.4, -0.2) is 49.5 Å². The molecule has 2 aromatic rings. The third-order valence-electron chi connectivity index (χ3n) is 5.67. The van der Waals surface area contributed by atoms with Crippen molar-refractivity contribution in [1.82, 2.24) is 10.2 Å². The van der Waals surface area contributed by atoms with Gasteiger partial charge in [-0.05, 0) is 36.5 Å². The second-order valence-corrected chi connectivity index (χ2v) is 7.79. The molecule has 2 aromatic carbocycles. The number of benzene rings is 2. The van der Waals surface area contributed by atoms with Gasteiger partial charge in [0.1, 0.15) is 0 Å². The number of aliphatic hydroxyl groups is 1. The highest BCUT2D eigenvalue weighted by molar-refractivity contribution is 5.74. The lowest BCUT2D eigenvalue weighted by atomic mass is 9.80. The summed E-state index contributed by atoms with van der Waals surface area (Å²) in [6.45, 7) is 3.86. The molecule has 1 fully saturated rings. The number of hydrogen-bond acceptors (Lipinski definition) is 3. The molecule has 0 aliphatic carbocycles. The predicted molar refractivity (Wildman–Crippen MR) is 111 cm³/mol. The Morgan fingerprint density at radius 3 is 2.32 bits per heavy atom. The molecule has 28 heavy (non-hydrogen) atoms. The molecule has 5 heteroatoms. The second kappa shape index (κ2) is 9.22. The zero-order valence-corrected chi connectivity index (χ0v) is 16.7. The highest BCUT2D eigenvalue weighted by Gasteiger charge is 2.34. The fourth-order valence-electron chi connectivity index (χ4n) is 3.72. The molecule has 1 heterocycles. The largest absolute Gasteiger partial charge is 0.396 e. The van der Waals surface area contributed by atoms with Crippen molar-refractivity contribution in [2.45, 2.75) is 25.8 Å². The van der Waals surface area contributed by atoms with Gasteiger partial charge in [-0.15, -0.1) is 0 Å². The maximum atomic E-state index is 12.6. The molecule has 3 rings (SSSR count). The first-order chi connectivity index (χ1) is 13.5. The first-order valence-electron chi connectivity index (χ1n) is 9.89. The van der Waals surface area contributed by atoms with E-state index < -0.39 is 0 Å². The van der Waals surface area contributed by atoms with Crippen LogP contribution in [0.4, 0.5) is 4.79 Å². The van der Waals surface area contributed by atoms with E-state index >= 15 is 0 Å². The normalized spacial score (nSPS) is 17.0. The zero-order chi connectivity index (χ0) is 20.0. The fourth-order valence-corrected chi connectivity index (χ4v) is 3.72. The molecule has 1 saturated heterocycles. The zero-order valence-electron chi connectivity index (χ0n) is 16.7. The average Bonchev–Trinajstić information content (AvgIpc) is 2.75. The molecule has 0 saturated carbocycles. The Kier molecular flexibility index (Phi) is 6.70. The topological polar surface area (TPSA) is 61.8 Å². The van der Waals surface area contributed by atoms with E-state index in [9.17, 15) is 9.90 Å². The number of urea groups is 1. The quantitative estimate of drug-likeness (QED) is 0.798. The minimum Gasteiger partial charge on any atom is -0.396 e. The van der Waals surface area contributed by atoms with E-state index in [4.69, 9.17) is 4.74 Å². The summed E-state index contributed by atoms with van der Waals surface area (Å²) in [7, 11) is 1.79. The molecule has 2 N–H and O–H groups in total. The van der Waals surface area contributed by atoms with Crippen LogP contribution in [0.2, 0.25) is 0 Å². The van der Waals surface area contributed by atoms with Crippen molar-refractivity contribution in [2.24, 2.45) is 5.41 Å². The molecule has 0 spiro atoms. The molecule has 1 unspecified atom stereocenters. The Balaban J connectivity index is 1.59. The number of nitrogens with one attached hydrogen (secondary N) is 1. The van der Waals surface area contributed by atoms with Crippen LogP contribution in [0.5, 0.6) is 0 Å². The number of rotatable bonds is 6. The molecule has 0 radical (unpaired) electrons. The summed E-state index contributed by atoms with van der Waals surface area (Å²) in [6.07, 6.45) is 1.55. The maximum absolute atomic E-state index is 12.6. The number of nitrogens with zero attached hydrogens (tertiary/aromatic N) is 1. The molecular formula is C23H30N2O3. The van der Waals surface area contributed by atoms with E-state index in [-0.39, 0.29) is 24.1 Å². The van der Waals surface area contributed by atoms with E-state index in [0.29, 0.717) is 19.8 Å². The lowest BCUT2D eigenvalue weighted by Crippen LogP contribution is -2.47. The molecular weight excluding hydrogens is 352 g/mol. The van der Waals surface area contributed by atoms with Crippen LogP contribution >= 0.6 is 0 Å². The van der Waals surface area contributed by atoms with Gasteiger partial charge in [0.15, 0.2) is 0 Å². The van der Waals surface area contributed by atoms with Crippen molar-refractivity contribution in [3.05, 3.63) is 60.2 Å². The molecule has 1 atom stereocenters. The van der Waals surface area contributed by atoms with Crippen LogP contribution in [0.3, 0.4) is 0 Å². The standard InChI is InChI=1S/C23H30N2O3/c1-18(19-8-10-21(11-9-19)20-6-4-3-5-7-20)24-22(27)25(2)16-23(17-26)12-14-28-15-13-23/h3-11,18,26H,12-17H2,1-2H3,(H,24,27). The summed E-state index contributed by atoms with van der Waals surface area (Å²) < 4.78 is 5.40. The smallest absolute Gasteiger partial charge is 0.317 e. The molecule has 0 bridgehead atoms. The minimum atomic E-state index is -0.259. The van der Waals surface area contributed by atoms with E-state index in [1.54, 1.807) is 11.9 Å². The van der Waals surface area contributed by atoms with Gasteiger partial charge in [-0.3, -0.25) is 0 Å². The van der Waals surface area contributed by atoms with Gasteiger partial charge in [0.05, 0.1) is 12.6 Å².